The molecule has 8 fully saturated rings. The van der Waals surface area contributed by atoms with E-state index in [9.17, 15) is 19.2 Å². The summed E-state index contributed by atoms with van der Waals surface area (Å²) in [6, 6.07) is 0. The number of amides is 1. The number of likely N-dealkylation sites (tertiary alicyclic amines) is 1. The molecule has 8 rings (SSSR count). The minimum Gasteiger partial charge on any atom is -0.466 e. The van der Waals surface area contributed by atoms with Crippen LogP contribution in [0.2, 0.25) is 0 Å². The van der Waals surface area contributed by atoms with Crippen LogP contribution < -0.4 is 0 Å². The zero-order chi connectivity index (χ0) is 46.0. The highest BCUT2D eigenvalue weighted by molar-refractivity contribution is 5.88. The number of carbonyl (C=O) groups excluding carboxylic acids is 5. The topological polar surface area (TPSA) is 107 Å². The number of hydrogen-bond donors (Lipinski definition) is 0. The van der Waals surface area contributed by atoms with Crippen LogP contribution in [0.5, 0.6) is 0 Å². The molecule has 0 aromatic carbocycles. The first-order valence-corrected chi connectivity index (χ1v) is 26.0. The first-order valence-electron chi connectivity index (χ1n) is 26.0. The molecule has 7 aliphatic carbocycles. The van der Waals surface area contributed by atoms with E-state index in [-0.39, 0.29) is 97.2 Å². The maximum absolute atomic E-state index is 15.3. The predicted molar refractivity (Wildman–Crippen MR) is 246 cm³/mol. The fourth-order valence-corrected chi connectivity index (χ4v) is 18.3. The van der Waals surface area contributed by atoms with Gasteiger partial charge in [-0.2, -0.15) is 0 Å². The van der Waals surface area contributed by atoms with Crippen LogP contribution in [0.3, 0.4) is 0 Å². The van der Waals surface area contributed by atoms with Gasteiger partial charge in [-0.1, -0.05) is 76.2 Å². The minimum absolute atomic E-state index is 0.0609. The fraction of sp³-hybridized carbons (Fsp3) is 0.909. The Hall–Kier alpha value is -2.25. The molecule has 354 valence electrons. The third-order valence-electron chi connectivity index (χ3n) is 22.8. The van der Waals surface area contributed by atoms with Gasteiger partial charge in [-0.3, -0.25) is 24.0 Å². The Morgan fingerprint density at radius 1 is 0.651 bits per heavy atom. The Morgan fingerprint density at radius 2 is 1.33 bits per heavy atom. The van der Waals surface area contributed by atoms with Crippen LogP contribution in [-0.2, 0) is 33.4 Å². The summed E-state index contributed by atoms with van der Waals surface area (Å²) in [7, 11) is 0. The summed E-state index contributed by atoms with van der Waals surface area (Å²) in [5, 5.41) is 0. The van der Waals surface area contributed by atoms with E-state index in [1.54, 1.807) is 6.92 Å². The molecule has 0 spiro atoms. The average molecular weight is 874 g/mol. The summed E-state index contributed by atoms with van der Waals surface area (Å²) in [6.45, 7) is 31.3. The molecule has 1 heterocycles. The second-order valence-electron chi connectivity index (χ2n) is 26.1. The van der Waals surface area contributed by atoms with Gasteiger partial charge in [0.25, 0.3) is 0 Å². The van der Waals surface area contributed by atoms with Crippen molar-refractivity contribution in [2.75, 3.05) is 19.7 Å². The van der Waals surface area contributed by atoms with Crippen LogP contribution in [0.15, 0.2) is 0 Å². The quantitative estimate of drug-likeness (QED) is 0.201. The second kappa shape index (κ2) is 15.9. The molecule has 1 unspecified atom stereocenters. The normalized spacial score (nSPS) is 44.7. The molecule has 8 aliphatic rings. The molecule has 63 heavy (non-hydrogen) atoms. The number of fused-ring (bicyclic) bond motifs is 7. The van der Waals surface area contributed by atoms with Gasteiger partial charge >= 0.3 is 11.9 Å². The molecule has 0 radical (unpaired) electrons. The summed E-state index contributed by atoms with van der Waals surface area (Å²) >= 11 is 0. The zero-order valence-corrected chi connectivity index (χ0v) is 42.0. The number of piperidine rings is 1. The summed E-state index contributed by atoms with van der Waals surface area (Å²) in [5.74, 6) is 3.53. The number of esters is 2. The molecule has 8 heteroatoms. The molecule has 0 aromatic heterocycles. The van der Waals surface area contributed by atoms with Crippen LogP contribution in [0.25, 0.3) is 0 Å². The predicted octanol–water partition coefficient (Wildman–Crippen LogP) is 11.3. The van der Waals surface area contributed by atoms with Crippen molar-refractivity contribution in [2.45, 2.75) is 192 Å². The van der Waals surface area contributed by atoms with Gasteiger partial charge < -0.3 is 14.4 Å². The lowest BCUT2D eigenvalue weighted by Gasteiger charge is -2.73. The first kappa shape index (κ1) is 47.3. The second-order valence-corrected chi connectivity index (χ2v) is 26.1. The number of hydrogen-bond acceptors (Lipinski definition) is 7. The van der Waals surface area contributed by atoms with E-state index in [0.29, 0.717) is 86.7 Å². The fourth-order valence-electron chi connectivity index (χ4n) is 18.3. The highest BCUT2D eigenvalue weighted by Gasteiger charge is 2.72. The molecule has 1 aliphatic heterocycles. The average Bonchev–Trinajstić information content (AvgIpc) is 3.61. The molecule has 0 aromatic rings. The maximum Gasteiger partial charge on any atom is 0.309 e. The lowest BCUT2D eigenvalue weighted by molar-refractivity contribution is -0.252. The van der Waals surface area contributed by atoms with Gasteiger partial charge in [-0.05, 0) is 172 Å². The number of ketones is 2. The van der Waals surface area contributed by atoms with Crippen LogP contribution in [0.4, 0.5) is 0 Å². The van der Waals surface area contributed by atoms with E-state index >= 15 is 4.79 Å². The standard InChI is InChI=1S/C55H87NO7/c1-14-62-47(60)34-20-27-56(28-21-34)46(59)39-29-35(49(39,5)6)30-43(58)55-24-17-36(32(2)3)45(55)37-15-16-42-52(11)22-19-44(63-48(61)40-31-38(33(4)57)50(40,7)8)51(9,10)41(52)18-23-54(42,13)53(37,12)25-26-55/h32,34-42,44-45H,14-31H2,1-13H3/t35?,36-,37+,38-,39-,40+,41-,42+,44-,45+,52-,53+,54+,55+/m0/s1. The minimum atomic E-state index is -0.350. The van der Waals surface area contributed by atoms with Crippen molar-refractivity contribution in [1.29, 1.82) is 0 Å². The molecule has 7 saturated carbocycles. The highest BCUT2D eigenvalue weighted by atomic mass is 16.5. The van der Waals surface area contributed by atoms with Gasteiger partial charge in [-0.25, -0.2) is 0 Å². The van der Waals surface area contributed by atoms with Crippen LogP contribution >= 0.6 is 0 Å². The zero-order valence-electron chi connectivity index (χ0n) is 42.0. The Balaban J connectivity index is 0.963. The summed E-state index contributed by atoms with van der Waals surface area (Å²) in [4.78, 5) is 69.7. The number of Topliss-reactive ketones (excluding diaryl/α,β-unsaturated/α-hetero) is 2. The van der Waals surface area contributed by atoms with Gasteiger partial charge in [0.15, 0.2) is 0 Å². The van der Waals surface area contributed by atoms with Crippen molar-refractivity contribution in [2.24, 2.45) is 103 Å². The Kier molecular flexibility index (Phi) is 12.0. The van der Waals surface area contributed by atoms with Crippen LogP contribution in [0.1, 0.15) is 186 Å². The molecule has 1 amide bonds. The van der Waals surface area contributed by atoms with Gasteiger partial charge in [-0.15, -0.1) is 0 Å². The van der Waals surface area contributed by atoms with Crippen molar-refractivity contribution < 1.29 is 33.4 Å². The Morgan fingerprint density at radius 3 is 1.94 bits per heavy atom. The van der Waals surface area contributed by atoms with Crippen molar-refractivity contribution >= 4 is 29.4 Å². The molecule has 8 nitrogen and oxygen atoms in total. The maximum atomic E-state index is 15.3. The van der Waals surface area contributed by atoms with Crippen LogP contribution in [-0.4, -0.2) is 60.1 Å². The third-order valence-corrected chi connectivity index (χ3v) is 22.8. The summed E-state index contributed by atoms with van der Waals surface area (Å²) in [6.07, 6.45) is 14.3. The summed E-state index contributed by atoms with van der Waals surface area (Å²) in [5.41, 5.74) is -0.497. The van der Waals surface area contributed by atoms with Crippen LogP contribution in [0, 0.1) is 103 Å². The van der Waals surface area contributed by atoms with E-state index in [1.807, 2.05) is 11.8 Å². The SMILES string of the molecule is CCOC(=O)C1CCN(C(=O)[C@@H]2CC(CC(=O)[C@]34CC[C@@H](C(C)C)[C@@H]3[C@H]3CC[C@@H]5[C@@]6(C)CC[C@H](OC(=O)[C@H]7C[C@@H](C(C)=O)C7(C)C)C(C)(C)[C@@H]6CC[C@@]5(C)[C@]3(C)CC4)C2(C)C)CC1. The molecule has 0 N–H and O–H groups in total. The van der Waals surface area contributed by atoms with E-state index in [2.05, 4.69) is 76.2 Å². The Bertz CT molecular complexity index is 1840. The van der Waals surface area contributed by atoms with E-state index in [4.69, 9.17) is 9.47 Å². The number of carbonyl (C=O) groups is 5. The Labute approximate surface area is 381 Å². The lowest BCUT2D eigenvalue weighted by Crippen LogP contribution is -2.67. The number of nitrogens with zero attached hydrogens (tertiary/aromatic N) is 1. The number of rotatable bonds is 10. The first-order chi connectivity index (χ1) is 29.3. The monoisotopic (exact) mass is 874 g/mol. The van der Waals surface area contributed by atoms with Gasteiger partial charge in [0.1, 0.15) is 17.7 Å². The largest absolute Gasteiger partial charge is 0.466 e. The smallest absolute Gasteiger partial charge is 0.309 e. The van der Waals surface area contributed by atoms with Crippen molar-refractivity contribution in [1.82, 2.24) is 4.90 Å². The highest BCUT2D eigenvalue weighted by Crippen LogP contribution is 2.78. The van der Waals surface area contributed by atoms with Crippen molar-refractivity contribution in [3.05, 3.63) is 0 Å². The summed E-state index contributed by atoms with van der Waals surface area (Å²) < 4.78 is 11.8. The molecular formula is C55H87NO7. The van der Waals surface area contributed by atoms with Crippen molar-refractivity contribution in [3.63, 3.8) is 0 Å². The lowest BCUT2D eigenvalue weighted by atomic mass is 9.32. The van der Waals surface area contributed by atoms with Gasteiger partial charge in [0.2, 0.25) is 5.91 Å². The van der Waals surface area contributed by atoms with Crippen molar-refractivity contribution in [3.8, 4) is 0 Å². The van der Waals surface area contributed by atoms with E-state index < -0.39 is 0 Å². The molecule has 14 atom stereocenters. The van der Waals surface area contributed by atoms with E-state index in [0.717, 1.165) is 51.4 Å². The number of ether oxygens (including phenoxy) is 2. The molecular weight excluding hydrogens is 787 g/mol. The van der Waals surface area contributed by atoms with Gasteiger partial charge in [0.05, 0.1) is 18.4 Å². The third kappa shape index (κ3) is 6.92. The molecule has 1 saturated heterocycles. The molecule has 0 bridgehead atoms. The van der Waals surface area contributed by atoms with E-state index in [1.165, 1.54) is 19.3 Å². The van der Waals surface area contributed by atoms with Gasteiger partial charge in [0, 0.05) is 42.2 Å².